The molecule has 1 aliphatic heterocycles. The van der Waals surface area contributed by atoms with Gasteiger partial charge in [0, 0.05) is 18.0 Å². The van der Waals surface area contributed by atoms with Gasteiger partial charge in [0.2, 0.25) is 5.91 Å². The number of carbonyl (C=O) groups is 1. The predicted octanol–water partition coefficient (Wildman–Crippen LogP) is 3.90. The van der Waals surface area contributed by atoms with E-state index in [1.54, 1.807) is 11.3 Å². The summed E-state index contributed by atoms with van der Waals surface area (Å²) in [5.74, 6) is 0.0839. The number of unbranched alkanes of at least 4 members (excludes halogenated alkanes) is 2. The number of thioether (sulfide) groups is 1. The first-order chi connectivity index (χ1) is 13.2. The number of rotatable bonds is 6. The van der Waals surface area contributed by atoms with Crippen LogP contribution in [0.1, 0.15) is 62.3 Å². The van der Waals surface area contributed by atoms with Crippen LogP contribution in [0.2, 0.25) is 0 Å². The van der Waals surface area contributed by atoms with Gasteiger partial charge in [-0.3, -0.25) is 14.2 Å². The molecule has 3 heterocycles. The maximum atomic E-state index is 13.4. The van der Waals surface area contributed by atoms with Crippen LogP contribution in [0.3, 0.4) is 0 Å². The summed E-state index contributed by atoms with van der Waals surface area (Å²) in [6.07, 6.45) is 9.30. The van der Waals surface area contributed by atoms with E-state index < -0.39 is 0 Å². The van der Waals surface area contributed by atoms with Gasteiger partial charge in [-0.25, -0.2) is 4.98 Å². The van der Waals surface area contributed by atoms with Crippen LogP contribution in [-0.2, 0) is 24.2 Å². The third-order valence-electron chi connectivity index (χ3n) is 5.51. The molecule has 1 saturated heterocycles. The molecule has 7 heteroatoms. The van der Waals surface area contributed by atoms with E-state index in [4.69, 9.17) is 4.98 Å². The van der Waals surface area contributed by atoms with Crippen LogP contribution in [0.4, 0.5) is 0 Å². The van der Waals surface area contributed by atoms with E-state index in [1.807, 2.05) is 4.57 Å². The standard InChI is InChI=1S/C20H27N3O2S2/c1-2-3-6-12-23-19(25)16-13-8-7-10-14(13)26-18(16)22-20(23)27-15-9-4-5-11-21-17(15)24/h15H,2-12H2,1H3,(H,21,24)/t15-/m0/s1. The summed E-state index contributed by atoms with van der Waals surface area (Å²) in [5, 5.41) is 4.42. The molecule has 0 radical (unpaired) electrons. The molecular weight excluding hydrogens is 378 g/mol. The molecule has 4 rings (SSSR count). The highest BCUT2D eigenvalue weighted by Crippen LogP contribution is 2.36. The molecule has 0 saturated carbocycles. The van der Waals surface area contributed by atoms with Crippen LogP contribution in [0.15, 0.2) is 9.95 Å². The fourth-order valence-electron chi connectivity index (χ4n) is 4.02. The topological polar surface area (TPSA) is 64.0 Å². The highest BCUT2D eigenvalue weighted by molar-refractivity contribution is 8.00. The monoisotopic (exact) mass is 405 g/mol. The summed E-state index contributed by atoms with van der Waals surface area (Å²) in [7, 11) is 0. The van der Waals surface area contributed by atoms with Gasteiger partial charge in [-0.1, -0.05) is 37.9 Å². The Morgan fingerprint density at radius 1 is 1.22 bits per heavy atom. The van der Waals surface area contributed by atoms with Crippen LogP contribution in [0, 0.1) is 0 Å². The third-order valence-corrected chi connectivity index (χ3v) is 7.95. The van der Waals surface area contributed by atoms with Crippen molar-refractivity contribution in [2.24, 2.45) is 0 Å². The highest BCUT2D eigenvalue weighted by Gasteiger charge is 2.27. The van der Waals surface area contributed by atoms with E-state index in [9.17, 15) is 9.59 Å². The molecule has 0 spiro atoms. The first-order valence-electron chi connectivity index (χ1n) is 10.2. The first kappa shape index (κ1) is 19.0. The lowest BCUT2D eigenvalue weighted by Crippen LogP contribution is -2.32. The Bertz CT molecular complexity index is 903. The average molecular weight is 406 g/mol. The molecule has 2 aromatic heterocycles. The summed E-state index contributed by atoms with van der Waals surface area (Å²) in [6.45, 7) is 3.61. The summed E-state index contributed by atoms with van der Waals surface area (Å²) < 4.78 is 1.85. The summed E-state index contributed by atoms with van der Waals surface area (Å²) in [4.78, 5) is 32.9. The van der Waals surface area contributed by atoms with Gasteiger partial charge in [0.05, 0.1) is 10.6 Å². The van der Waals surface area contributed by atoms with Crippen molar-refractivity contribution in [1.29, 1.82) is 0 Å². The van der Waals surface area contributed by atoms with Gasteiger partial charge in [-0.15, -0.1) is 11.3 Å². The molecular formula is C20H27N3O2S2. The molecule has 1 aliphatic carbocycles. The largest absolute Gasteiger partial charge is 0.355 e. The quantitative estimate of drug-likeness (QED) is 0.585. The maximum absolute atomic E-state index is 13.4. The van der Waals surface area contributed by atoms with Crippen LogP contribution in [-0.4, -0.2) is 27.3 Å². The second-order valence-electron chi connectivity index (χ2n) is 7.49. The number of fused-ring (bicyclic) bond motifs is 3. The van der Waals surface area contributed by atoms with Crippen LogP contribution >= 0.6 is 23.1 Å². The van der Waals surface area contributed by atoms with E-state index in [0.29, 0.717) is 6.54 Å². The van der Waals surface area contributed by atoms with E-state index in [1.165, 1.54) is 22.2 Å². The molecule has 0 bridgehead atoms. The van der Waals surface area contributed by atoms with Gasteiger partial charge in [-0.2, -0.15) is 0 Å². The smallest absolute Gasteiger partial charge is 0.263 e. The van der Waals surface area contributed by atoms with Crippen LogP contribution in [0.5, 0.6) is 0 Å². The fraction of sp³-hybridized carbons (Fsp3) is 0.650. The number of hydrogen-bond donors (Lipinski definition) is 1. The summed E-state index contributed by atoms with van der Waals surface area (Å²) in [5.41, 5.74) is 1.34. The zero-order valence-corrected chi connectivity index (χ0v) is 17.5. The number of nitrogens with zero attached hydrogens (tertiary/aromatic N) is 2. The molecule has 1 amide bonds. The normalized spacial score (nSPS) is 19.9. The Balaban J connectivity index is 1.74. The SMILES string of the molecule is CCCCCn1c(S[C@H]2CCCCNC2=O)nc2sc3c(c2c1=O)CCC3. The zero-order chi connectivity index (χ0) is 18.8. The lowest BCUT2D eigenvalue weighted by Gasteiger charge is -2.16. The number of hydrogen-bond acceptors (Lipinski definition) is 5. The highest BCUT2D eigenvalue weighted by atomic mass is 32.2. The molecule has 1 atom stereocenters. The second kappa shape index (κ2) is 8.35. The first-order valence-corrected chi connectivity index (χ1v) is 11.9. The van der Waals surface area contributed by atoms with Crippen molar-refractivity contribution in [1.82, 2.24) is 14.9 Å². The van der Waals surface area contributed by atoms with Gasteiger partial charge < -0.3 is 5.32 Å². The van der Waals surface area contributed by atoms with Crippen LogP contribution < -0.4 is 10.9 Å². The Labute approximate surface area is 167 Å². The minimum Gasteiger partial charge on any atom is -0.355 e. The fourth-order valence-corrected chi connectivity index (χ4v) is 6.50. The van der Waals surface area contributed by atoms with Crippen molar-refractivity contribution >= 4 is 39.2 Å². The average Bonchev–Trinajstić information content (AvgIpc) is 3.17. The van der Waals surface area contributed by atoms with Crippen molar-refractivity contribution < 1.29 is 4.79 Å². The van der Waals surface area contributed by atoms with Crippen LogP contribution in [0.25, 0.3) is 10.2 Å². The zero-order valence-electron chi connectivity index (χ0n) is 15.9. The van der Waals surface area contributed by atoms with Gasteiger partial charge in [0.1, 0.15) is 4.83 Å². The number of thiophene rings is 1. The van der Waals surface area contributed by atoms with Crippen molar-refractivity contribution in [3.05, 3.63) is 20.8 Å². The molecule has 2 aliphatic rings. The Morgan fingerprint density at radius 2 is 2.11 bits per heavy atom. The van der Waals surface area contributed by atoms with E-state index in [2.05, 4.69) is 12.2 Å². The lowest BCUT2D eigenvalue weighted by molar-refractivity contribution is -0.120. The molecule has 0 unspecified atom stereocenters. The Kier molecular flexibility index (Phi) is 5.88. The van der Waals surface area contributed by atoms with Crippen molar-refractivity contribution in [2.75, 3.05) is 6.54 Å². The molecule has 27 heavy (non-hydrogen) atoms. The van der Waals surface area contributed by atoms with Gasteiger partial charge in [-0.05, 0) is 44.1 Å². The predicted molar refractivity (Wildman–Crippen MR) is 112 cm³/mol. The summed E-state index contributed by atoms with van der Waals surface area (Å²) >= 11 is 3.17. The molecule has 1 fully saturated rings. The van der Waals surface area contributed by atoms with Gasteiger partial charge in [0.25, 0.3) is 5.56 Å². The number of carbonyl (C=O) groups excluding carboxylic acids is 1. The van der Waals surface area contributed by atoms with Crippen molar-refractivity contribution in [3.8, 4) is 0 Å². The maximum Gasteiger partial charge on any atom is 0.263 e. The number of aromatic nitrogens is 2. The number of nitrogens with one attached hydrogen (secondary N) is 1. The Hall–Kier alpha value is -1.34. The lowest BCUT2D eigenvalue weighted by atomic mass is 10.2. The number of amides is 1. The molecule has 0 aromatic carbocycles. The van der Waals surface area contributed by atoms with E-state index >= 15 is 0 Å². The third kappa shape index (κ3) is 3.81. The second-order valence-corrected chi connectivity index (χ2v) is 9.74. The molecule has 5 nitrogen and oxygen atoms in total. The van der Waals surface area contributed by atoms with Crippen molar-refractivity contribution in [3.63, 3.8) is 0 Å². The molecule has 2 aromatic rings. The Morgan fingerprint density at radius 3 is 2.96 bits per heavy atom. The van der Waals surface area contributed by atoms with E-state index in [-0.39, 0.29) is 16.7 Å². The van der Waals surface area contributed by atoms with Crippen molar-refractivity contribution in [2.45, 2.75) is 81.7 Å². The van der Waals surface area contributed by atoms with Gasteiger partial charge in [0.15, 0.2) is 5.16 Å². The van der Waals surface area contributed by atoms with Gasteiger partial charge >= 0.3 is 0 Å². The minimum atomic E-state index is -0.152. The summed E-state index contributed by atoms with van der Waals surface area (Å²) in [6, 6.07) is 0. The minimum absolute atomic E-state index is 0.0839. The molecule has 146 valence electrons. The number of aryl methyl sites for hydroxylation is 2. The molecule has 1 N–H and O–H groups in total. The van der Waals surface area contributed by atoms with E-state index in [0.717, 1.165) is 79.7 Å².